The fraction of sp³-hybridized carbons (Fsp3) is 1.00. The van der Waals surface area contributed by atoms with Crippen molar-refractivity contribution in [3.05, 3.63) is 0 Å². The van der Waals surface area contributed by atoms with Gasteiger partial charge in [0.25, 0.3) is 5.92 Å². The summed E-state index contributed by atoms with van der Waals surface area (Å²) >= 11 is 0. The summed E-state index contributed by atoms with van der Waals surface area (Å²) < 4.78 is 31.0. The molecule has 0 saturated heterocycles. The molecule has 14 heavy (non-hydrogen) atoms. The Bertz CT molecular complexity index is 160. The zero-order valence-electron chi connectivity index (χ0n) is 8.69. The van der Waals surface area contributed by atoms with Gasteiger partial charge in [-0.1, -0.05) is 13.3 Å². The van der Waals surface area contributed by atoms with E-state index in [4.69, 9.17) is 4.74 Å². The average molecular weight is 207 g/mol. The third-order valence-electron chi connectivity index (χ3n) is 2.18. The van der Waals surface area contributed by atoms with Gasteiger partial charge in [0, 0.05) is 12.6 Å². The molecule has 1 saturated carbocycles. The Morgan fingerprint density at radius 1 is 1.43 bits per heavy atom. The molecule has 0 aromatic heterocycles. The predicted octanol–water partition coefficient (Wildman–Crippen LogP) is 2.19. The largest absolute Gasteiger partial charge is 0.375 e. The fourth-order valence-electron chi connectivity index (χ4n) is 1.10. The van der Waals surface area contributed by atoms with Gasteiger partial charge in [0.05, 0.1) is 6.54 Å². The first-order valence-corrected chi connectivity index (χ1v) is 5.33. The highest BCUT2D eigenvalue weighted by molar-refractivity contribution is 4.83. The molecule has 0 aromatic rings. The number of hydrogen-bond acceptors (Lipinski definition) is 2. The van der Waals surface area contributed by atoms with Crippen LogP contribution in [0.1, 0.15) is 32.6 Å². The quantitative estimate of drug-likeness (QED) is 0.616. The molecule has 1 aliphatic carbocycles. The van der Waals surface area contributed by atoms with Crippen LogP contribution in [0.25, 0.3) is 0 Å². The third kappa shape index (κ3) is 5.50. The molecule has 1 N–H and O–H groups in total. The third-order valence-corrected chi connectivity index (χ3v) is 2.18. The van der Waals surface area contributed by atoms with Crippen molar-refractivity contribution in [1.29, 1.82) is 0 Å². The van der Waals surface area contributed by atoms with Gasteiger partial charge in [0.15, 0.2) is 0 Å². The van der Waals surface area contributed by atoms with Gasteiger partial charge < -0.3 is 10.1 Å². The van der Waals surface area contributed by atoms with Crippen molar-refractivity contribution in [1.82, 2.24) is 5.32 Å². The minimum absolute atomic E-state index is 0.246. The van der Waals surface area contributed by atoms with Crippen molar-refractivity contribution in [3.8, 4) is 0 Å². The van der Waals surface area contributed by atoms with Crippen LogP contribution in [0.5, 0.6) is 0 Å². The van der Waals surface area contributed by atoms with E-state index in [-0.39, 0.29) is 6.54 Å². The minimum atomic E-state index is -2.71. The summed E-state index contributed by atoms with van der Waals surface area (Å²) in [5.41, 5.74) is 0. The highest BCUT2D eigenvalue weighted by Crippen LogP contribution is 2.21. The Hall–Kier alpha value is -0.220. The maximum Gasteiger partial charge on any atom is 0.283 e. The van der Waals surface area contributed by atoms with Gasteiger partial charge in [0.2, 0.25) is 0 Å². The van der Waals surface area contributed by atoms with E-state index in [9.17, 15) is 8.78 Å². The van der Waals surface area contributed by atoms with Gasteiger partial charge in [-0.25, -0.2) is 8.78 Å². The molecular formula is C10H19F2NO. The monoisotopic (exact) mass is 207 g/mol. The summed E-state index contributed by atoms with van der Waals surface area (Å²) in [6, 6.07) is 0.330. The van der Waals surface area contributed by atoms with Crippen LogP contribution < -0.4 is 5.32 Å². The summed E-state index contributed by atoms with van der Waals surface area (Å²) in [5, 5.41) is 2.81. The van der Waals surface area contributed by atoms with Crippen molar-refractivity contribution in [2.45, 2.75) is 44.6 Å². The topological polar surface area (TPSA) is 21.3 Å². The maximum absolute atomic E-state index is 13.1. The molecular weight excluding hydrogens is 188 g/mol. The molecule has 0 amide bonds. The molecule has 0 bridgehead atoms. The second kappa shape index (κ2) is 5.61. The highest BCUT2D eigenvalue weighted by atomic mass is 19.3. The lowest BCUT2D eigenvalue weighted by atomic mass is 10.3. The highest BCUT2D eigenvalue weighted by Gasteiger charge is 2.32. The molecule has 0 heterocycles. The van der Waals surface area contributed by atoms with Crippen molar-refractivity contribution >= 4 is 0 Å². The summed E-state index contributed by atoms with van der Waals surface area (Å²) in [6.45, 7) is 1.75. The van der Waals surface area contributed by atoms with Crippen molar-refractivity contribution in [2.75, 3.05) is 19.8 Å². The van der Waals surface area contributed by atoms with E-state index in [0.717, 1.165) is 25.7 Å². The Morgan fingerprint density at radius 2 is 2.14 bits per heavy atom. The Balaban J connectivity index is 1.99. The molecule has 0 aromatic carbocycles. The molecule has 2 nitrogen and oxygen atoms in total. The van der Waals surface area contributed by atoms with E-state index in [1.807, 2.05) is 6.92 Å². The van der Waals surface area contributed by atoms with Crippen LogP contribution in [0, 0.1) is 0 Å². The van der Waals surface area contributed by atoms with Gasteiger partial charge in [0.1, 0.15) is 6.61 Å². The van der Waals surface area contributed by atoms with E-state index >= 15 is 0 Å². The maximum atomic E-state index is 13.1. The van der Waals surface area contributed by atoms with Gasteiger partial charge in [-0.15, -0.1) is 0 Å². The van der Waals surface area contributed by atoms with Crippen molar-refractivity contribution in [3.63, 3.8) is 0 Å². The molecule has 0 spiro atoms. The molecule has 0 unspecified atom stereocenters. The number of rotatable bonds is 8. The van der Waals surface area contributed by atoms with Crippen LogP contribution in [0.4, 0.5) is 8.78 Å². The lowest BCUT2D eigenvalue weighted by Crippen LogP contribution is -2.37. The lowest BCUT2D eigenvalue weighted by Gasteiger charge is -2.16. The van der Waals surface area contributed by atoms with E-state index < -0.39 is 12.5 Å². The first-order valence-electron chi connectivity index (χ1n) is 5.33. The van der Waals surface area contributed by atoms with Gasteiger partial charge >= 0.3 is 0 Å². The standard InChI is InChI=1S/C10H19F2NO/c1-2-3-6-14-8-10(11,12)7-13-9-4-5-9/h9,13H,2-8H2,1H3. The molecule has 1 fully saturated rings. The normalized spacial score (nSPS) is 17.4. The lowest BCUT2D eigenvalue weighted by molar-refractivity contribution is -0.0751. The summed E-state index contributed by atoms with van der Waals surface area (Å²) in [7, 11) is 0. The van der Waals surface area contributed by atoms with E-state index in [1.165, 1.54) is 0 Å². The molecule has 1 aliphatic rings. The second-order valence-electron chi connectivity index (χ2n) is 3.92. The summed E-state index contributed by atoms with van der Waals surface area (Å²) in [4.78, 5) is 0. The number of unbranched alkanes of at least 4 members (excludes halogenated alkanes) is 1. The smallest absolute Gasteiger partial charge is 0.283 e. The molecule has 0 aliphatic heterocycles. The minimum Gasteiger partial charge on any atom is -0.375 e. The van der Waals surface area contributed by atoms with Gasteiger partial charge in [-0.2, -0.15) is 0 Å². The van der Waals surface area contributed by atoms with Crippen LogP contribution in [0.3, 0.4) is 0 Å². The van der Waals surface area contributed by atoms with Crippen LogP contribution >= 0.6 is 0 Å². The van der Waals surface area contributed by atoms with E-state index in [0.29, 0.717) is 12.6 Å². The molecule has 0 atom stereocenters. The zero-order chi connectivity index (χ0) is 10.4. The Morgan fingerprint density at radius 3 is 2.71 bits per heavy atom. The number of nitrogens with one attached hydrogen (secondary N) is 1. The van der Waals surface area contributed by atoms with Crippen LogP contribution in [-0.4, -0.2) is 31.7 Å². The van der Waals surface area contributed by atoms with Crippen LogP contribution in [0.15, 0.2) is 0 Å². The van der Waals surface area contributed by atoms with Gasteiger partial charge in [-0.3, -0.25) is 0 Å². The van der Waals surface area contributed by atoms with E-state index in [2.05, 4.69) is 5.32 Å². The predicted molar refractivity (Wildman–Crippen MR) is 51.7 cm³/mol. The van der Waals surface area contributed by atoms with Crippen LogP contribution in [0.2, 0.25) is 0 Å². The second-order valence-corrected chi connectivity index (χ2v) is 3.92. The van der Waals surface area contributed by atoms with Gasteiger partial charge in [-0.05, 0) is 19.3 Å². The summed E-state index contributed by atoms with van der Waals surface area (Å²) in [5.74, 6) is -2.71. The first-order chi connectivity index (χ1) is 6.64. The average Bonchev–Trinajstić information content (AvgIpc) is 2.93. The van der Waals surface area contributed by atoms with Crippen molar-refractivity contribution in [2.24, 2.45) is 0 Å². The van der Waals surface area contributed by atoms with E-state index in [1.54, 1.807) is 0 Å². The van der Waals surface area contributed by atoms with Crippen molar-refractivity contribution < 1.29 is 13.5 Å². The molecule has 0 radical (unpaired) electrons. The number of halogens is 2. The first kappa shape index (κ1) is 11.9. The Labute approximate surface area is 84.0 Å². The number of hydrogen-bond donors (Lipinski definition) is 1. The zero-order valence-corrected chi connectivity index (χ0v) is 8.69. The SMILES string of the molecule is CCCCOCC(F)(F)CNC1CC1. The molecule has 4 heteroatoms. The summed E-state index contributed by atoms with van der Waals surface area (Å²) in [6.07, 6.45) is 3.90. The Kier molecular flexibility index (Phi) is 4.75. The molecule has 1 rings (SSSR count). The fourth-order valence-corrected chi connectivity index (χ4v) is 1.10. The molecule has 84 valence electrons. The number of alkyl halides is 2. The number of ether oxygens (including phenoxy) is 1. The van der Waals surface area contributed by atoms with Crippen LogP contribution in [-0.2, 0) is 4.74 Å².